The van der Waals surface area contributed by atoms with E-state index in [0.717, 1.165) is 24.3 Å². The summed E-state index contributed by atoms with van der Waals surface area (Å²) in [4.78, 5) is 14.4. The molecule has 1 N–H and O–H groups in total. The first kappa shape index (κ1) is 14.4. The molecule has 0 aliphatic carbocycles. The van der Waals surface area contributed by atoms with Gasteiger partial charge in [0.2, 0.25) is 5.91 Å². The maximum atomic E-state index is 12.0. The molecule has 22 heavy (non-hydrogen) atoms. The molecule has 1 heterocycles. The molecule has 1 saturated heterocycles. The van der Waals surface area contributed by atoms with Crippen molar-refractivity contribution in [2.75, 3.05) is 23.3 Å². The molecule has 3 heteroatoms. The summed E-state index contributed by atoms with van der Waals surface area (Å²) in [5.41, 5.74) is 3.04. The molecule has 0 atom stereocenters. The summed E-state index contributed by atoms with van der Waals surface area (Å²) in [6, 6.07) is 17.9. The van der Waals surface area contributed by atoms with Crippen LogP contribution in [0.3, 0.4) is 0 Å². The second-order valence-electron chi connectivity index (χ2n) is 5.48. The van der Waals surface area contributed by atoms with Gasteiger partial charge < -0.3 is 10.2 Å². The molecule has 0 spiro atoms. The first-order valence-corrected chi connectivity index (χ1v) is 7.70. The van der Waals surface area contributed by atoms with Crippen LogP contribution in [0.25, 0.3) is 6.08 Å². The highest BCUT2D eigenvalue weighted by molar-refractivity contribution is 6.02. The number of carbonyl (C=O) groups excluding carboxylic acids is 1. The number of benzene rings is 2. The van der Waals surface area contributed by atoms with Gasteiger partial charge in [-0.05, 0) is 42.7 Å². The fraction of sp³-hybridized carbons (Fsp3) is 0.211. The third kappa shape index (κ3) is 3.76. The number of amides is 1. The fourth-order valence-corrected chi connectivity index (χ4v) is 2.68. The van der Waals surface area contributed by atoms with Crippen LogP contribution in [0.15, 0.2) is 60.7 Å². The zero-order valence-corrected chi connectivity index (χ0v) is 12.5. The van der Waals surface area contributed by atoms with Crippen LogP contribution in [-0.2, 0) is 4.79 Å². The third-order valence-corrected chi connectivity index (χ3v) is 3.81. The average Bonchev–Trinajstić information content (AvgIpc) is 3.09. The van der Waals surface area contributed by atoms with E-state index >= 15 is 0 Å². The van der Waals surface area contributed by atoms with Crippen molar-refractivity contribution in [3.63, 3.8) is 0 Å². The highest BCUT2D eigenvalue weighted by Crippen LogP contribution is 2.23. The highest BCUT2D eigenvalue weighted by atomic mass is 16.1. The molecule has 1 amide bonds. The van der Waals surface area contributed by atoms with Gasteiger partial charge >= 0.3 is 0 Å². The fourth-order valence-electron chi connectivity index (χ4n) is 2.68. The van der Waals surface area contributed by atoms with E-state index < -0.39 is 0 Å². The minimum atomic E-state index is -0.109. The van der Waals surface area contributed by atoms with E-state index in [1.165, 1.54) is 18.5 Å². The summed E-state index contributed by atoms with van der Waals surface area (Å²) in [6.07, 6.45) is 5.88. The zero-order valence-electron chi connectivity index (χ0n) is 12.5. The topological polar surface area (TPSA) is 32.3 Å². The van der Waals surface area contributed by atoms with E-state index in [2.05, 4.69) is 16.3 Å². The van der Waals surface area contributed by atoms with Crippen LogP contribution in [-0.4, -0.2) is 19.0 Å². The van der Waals surface area contributed by atoms with Gasteiger partial charge in [0.05, 0.1) is 0 Å². The quantitative estimate of drug-likeness (QED) is 0.866. The minimum absolute atomic E-state index is 0.109. The van der Waals surface area contributed by atoms with Crippen molar-refractivity contribution >= 4 is 23.4 Å². The number of anilines is 2. The van der Waals surface area contributed by atoms with E-state index in [1.807, 2.05) is 54.6 Å². The van der Waals surface area contributed by atoms with Crippen LogP contribution in [0.5, 0.6) is 0 Å². The molecule has 0 aromatic heterocycles. The average molecular weight is 292 g/mol. The Morgan fingerprint density at radius 3 is 2.55 bits per heavy atom. The van der Waals surface area contributed by atoms with Crippen molar-refractivity contribution in [1.82, 2.24) is 0 Å². The Hall–Kier alpha value is -2.55. The Bertz CT molecular complexity index is 658. The predicted molar refractivity (Wildman–Crippen MR) is 92.0 cm³/mol. The standard InChI is InChI=1S/C19H20N2O/c22-19(12-11-16-7-2-1-3-8-16)20-17-9-6-10-18(15-17)21-13-4-5-14-21/h1-3,6-12,15H,4-5,13-14H2,(H,20,22)/b12-11+. The molecule has 0 bridgehead atoms. The Morgan fingerprint density at radius 1 is 1.00 bits per heavy atom. The lowest BCUT2D eigenvalue weighted by Gasteiger charge is -2.18. The summed E-state index contributed by atoms with van der Waals surface area (Å²) < 4.78 is 0. The lowest BCUT2D eigenvalue weighted by molar-refractivity contribution is -0.111. The second-order valence-corrected chi connectivity index (χ2v) is 5.48. The molecule has 3 rings (SSSR count). The summed E-state index contributed by atoms with van der Waals surface area (Å²) in [7, 11) is 0. The number of hydrogen-bond acceptors (Lipinski definition) is 2. The van der Waals surface area contributed by atoms with E-state index in [-0.39, 0.29) is 5.91 Å². The summed E-state index contributed by atoms with van der Waals surface area (Å²) in [5, 5.41) is 2.92. The van der Waals surface area contributed by atoms with E-state index in [0.29, 0.717) is 0 Å². The summed E-state index contributed by atoms with van der Waals surface area (Å²) in [6.45, 7) is 2.20. The zero-order chi connectivity index (χ0) is 15.2. The van der Waals surface area contributed by atoms with Gasteiger partial charge in [0.1, 0.15) is 0 Å². The molecule has 112 valence electrons. The smallest absolute Gasteiger partial charge is 0.248 e. The monoisotopic (exact) mass is 292 g/mol. The number of nitrogens with one attached hydrogen (secondary N) is 1. The van der Waals surface area contributed by atoms with Gasteiger partial charge in [-0.25, -0.2) is 0 Å². The van der Waals surface area contributed by atoms with Crippen molar-refractivity contribution in [3.8, 4) is 0 Å². The molecule has 3 nitrogen and oxygen atoms in total. The molecular formula is C19H20N2O. The third-order valence-electron chi connectivity index (χ3n) is 3.81. The molecule has 2 aromatic rings. The van der Waals surface area contributed by atoms with Crippen molar-refractivity contribution in [3.05, 3.63) is 66.2 Å². The van der Waals surface area contributed by atoms with Crippen LogP contribution in [0, 0.1) is 0 Å². The van der Waals surface area contributed by atoms with Gasteiger partial charge in [0, 0.05) is 30.5 Å². The minimum Gasteiger partial charge on any atom is -0.371 e. The number of carbonyl (C=O) groups is 1. The van der Waals surface area contributed by atoms with E-state index in [9.17, 15) is 4.79 Å². The Morgan fingerprint density at radius 2 is 1.77 bits per heavy atom. The van der Waals surface area contributed by atoms with Crippen LogP contribution >= 0.6 is 0 Å². The normalized spacial score (nSPS) is 14.5. The highest BCUT2D eigenvalue weighted by Gasteiger charge is 2.12. The Kier molecular flexibility index (Phi) is 4.54. The van der Waals surface area contributed by atoms with Crippen LogP contribution in [0.1, 0.15) is 18.4 Å². The maximum Gasteiger partial charge on any atom is 0.248 e. The Balaban J connectivity index is 1.64. The first-order chi connectivity index (χ1) is 10.8. The molecule has 0 saturated carbocycles. The second kappa shape index (κ2) is 6.94. The molecule has 1 aliphatic heterocycles. The van der Waals surface area contributed by atoms with Gasteiger partial charge in [-0.2, -0.15) is 0 Å². The Labute approximate surface area is 131 Å². The van der Waals surface area contributed by atoms with Crippen molar-refractivity contribution in [1.29, 1.82) is 0 Å². The van der Waals surface area contributed by atoms with Crippen LogP contribution in [0.4, 0.5) is 11.4 Å². The van der Waals surface area contributed by atoms with Crippen molar-refractivity contribution in [2.24, 2.45) is 0 Å². The van der Waals surface area contributed by atoms with Crippen LogP contribution < -0.4 is 10.2 Å². The van der Waals surface area contributed by atoms with Gasteiger partial charge in [0.25, 0.3) is 0 Å². The molecule has 2 aromatic carbocycles. The van der Waals surface area contributed by atoms with Crippen LogP contribution in [0.2, 0.25) is 0 Å². The van der Waals surface area contributed by atoms with Crippen molar-refractivity contribution < 1.29 is 4.79 Å². The van der Waals surface area contributed by atoms with Gasteiger partial charge in [-0.15, -0.1) is 0 Å². The molecule has 0 radical (unpaired) electrons. The van der Waals surface area contributed by atoms with E-state index in [4.69, 9.17) is 0 Å². The largest absolute Gasteiger partial charge is 0.371 e. The number of rotatable bonds is 4. The number of nitrogens with zero attached hydrogens (tertiary/aromatic N) is 1. The summed E-state index contributed by atoms with van der Waals surface area (Å²) in [5.74, 6) is -0.109. The lowest BCUT2D eigenvalue weighted by atomic mass is 10.2. The molecule has 0 unspecified atom stereocenters. The maximum absolute atomic E-state index is 12.0. The van der Waals surface area contributed by atoms with E-state index in [1.54, 1.807) is 6.08 Å². The number of hydrogen-bond donors (Lipinski definition) is 1. The molecule has 1 fully saturated rings. The molecular weight excluding hydrogens is 272 g/mol. The van der Waals surface area contributed by atoms with Gasteiger partial charge in [-0.1, -0.05) is 36.4 Å². The van der Waals surface area contributed by atoms with Crippen molar-refractivity contribution in [2.45, 2.75) is 12.8 Å². The molecule has 1 aliphatic rings. The summed E-state index contributed by atoms with van der Waals surface area (Å²) >= 11 is 0. The first-order valence-electron chi connectivity index (χ1n) is 7.70. The van der Waals surface area contributed by atoms with Gasteiger partial charge in [-0.3, -0.25) is 4.79 Å². The lowest BCUT2D eigenvalue weighted by Crippen LogP contribution is -2.17. The predicted octanol–water partition coefficient (Wildman–Crippen LogP) is 3.94. The SMILES string of the molecule is O=C(/C=C/c1ccccc1)Nc1cccc(N2CCCC2)c1. The van der Waals surface area contributed by atoms with Gasteiger partial charge in [0.15, 0.2) is 0 Å².